The van der Waals surface area contributed by atoms with Crippen LogP contribution in [-0.4, -0.2) is 39.2 Å². The molecule has 1 atom stereocenters. The summed E-state index contributed by atoms with van der Waals surface area (Å²) in [5, 5.41) is 4.83. The first-order valence-electron chi connectivity index (χ1n) is 11.3. The van der Waals surface area contributed by atoms with E-state index in [1.54, 1.807) is 12.1 Å². The highest BCUT2D eigenvalue weighted by Crippen LogP contribution is 2.35. The standard InChI is InChI=1S/C25H22ClF3N4O4S/c1-38(36,37)32-20-6-3-2-5-16(20)14-11-18(28)23(19(29)12-14)33-10-4-7-22(24(33)34)31-25(35)30-21-9-8-15(26)13-17(21)27/h2-3,5-6,8-9,11-13,22,32H,4,7,10H2,1H3,(H2,30,31,35)/t22-/m1/s1. The van der Waals surface area contributed by atoms with Crippen molar-refractivity contribution in [3.8, 4) is 11.1 Å². The minimum Gasteiger partial charge on any atom is -0.326 e. The van der Waals surface area contributed by atoms with Crippen LogP contribution in [0.15, 0.2) is 54.6 Å². The average Bonchev–Trinajstić information content (AvgIpc) is 2.82. The van der Waals surface area contributed by atoms with E-state index >= 15 is 8.78 Å². The number of para-hydroxylation sites is 1. The molecule has 3 N–H and O–H groups in total. The van der Waals surface area contributed by atoms with Crippen molar-refractivity contribution in [2.75, 3.05) is 27.7 Å². The van der Waals surface area contributed by atoms with Gasteiger partial charge in [0.15, 0.2) is 11.6 Å². The van der Waals surface area contributed by atoms with E-state index in [1.807, 2.05) is 0 Å². The second-order valence-electron chi connectivity index (χ2n) is 8.62. The molecule has 3 amide bonds. The topological polar surface area (TPSA) is 108 Å². The highest BCUT2D eigenvalue weighted by atomic mass is 35.5. The third kappa shape index (κ3) is 6.20. The van der Waals surface area contributed by atoms with Crippen LogP contribution in [0.1, 0.15) is 12.8 Å². The van der Waals surface area contributed by atoms with Crippen molar-refractivity contribution in [3.05, 3.63) is 77.1 Å². The summed E-state index contributed by atoms with van der Waals surface area (Å²) in [6.07, 6.45) is 1.48. The fourth-order valence-corrected chi connectivity index (χ4v) is 4.88. The molecule has 38 heavy (non-hydrogen) atoms. The van der Waals surface area contributed by atoms with Gasteiger partial charge in [0.1, 0.15) is 17.5 Å². The predicted octanol–water partition coefficient (Wildman–Crippen LogP) is 5.11. The minimum atomic E-state index is -3.66. The van der Waals surface area contributed by atoms with Gasteiger partial charge in [-0.2, -0.15) is 0 Å². The summed E-state index contributed by atoms with van der Waals surface area (Å²) >= 11 is 5.70. The van der Waals surface area contributed by atoms with E-state index in [-0.39, 0.29) is 40.5 Å². The third-order valence-corrected chi connectivity index (χ3v) is 6.57. The number of urea groups is 1. The highest BCUT2D eigenvalue weighted by Gasteiger charge is 2.34. The van der Waals surface area contributed by atoms with Gasteiger partial charge >= 0.3 is 6.03 Å². The van der Waals surface area contributed by atoms with Crippen LogP contribution in [0, 0.1) is 17.5 Å². The molecule has 3 aromatic rings. The number of carbonyl (C=O) groups excluding carboxylic acids is 2. The Morgan fingerprint density at radius 3 is 2.34 bits per heavy atom. The van der Waals surface area contributed by atoms with Crippen LogP contribution in [0.2, 0.25) is 5.02 Å². The van der Waals surface area contributed by atoms with Crippen molar-refractivity contribution in [1.29, 1.82) is 0 Å². The largest absolute Gasteiger partial charge is 0.326 e. The molecule has 1 aliphatic rings. The van der Waals surface area contributed by atoms with Crippen molar-refractivity contribution in [2.24, 2.45) is 0 Å². The number of nitrogens with zero attached hydrogens (tertiary/aromatic N) is 1. The fourth-order valence-electron chi connectivity index (χ4n) is 4.14. The molecule has 1 saturated heterocycles. The number of anilines is 3. The average molecular weight is 567 g/mol. The molecular weight excluding hydrogens is 545 g/mol. The maximum absolute atomic E-state index is 15.3. The van der Waals surface area contributed by atoms with Gasteiger partial charge in [-0.1, -0.05) is 29.8 Å². The minimum absolute atomic E-state index is 0.00382. The first kappa shape index (κ1) is 27.3. The van der Waals surface area contributed by atoms with E-state index in [1.165, 1.54) is 24.3 Å². The molecule has 0 bridgehead atoms. The predicted molar refractivity (Wildman–Crippen MR) is 139 cm³/mol. The quantitative estimate of drug-likeness (QED) is 0.385. The summed E-state index contributed by atoms with van der Waals surface area (Å²) in [6, 6.07) is 9.74. The molecule has 1 fully saturated rings. The summed E-state index contributed by atoms with van der Waals surface area (Å²) < 4.78 is 70.2. The smallest absolute Gasteiger partial charge is 0.319 e. The summed E-state index contributed by atoms with van der Waals surface area (Å²) in [6.45, 7) is 0.00382. The Hall–Kier alpha value is -3.77. The summed E-state index contributed by atoms with van der Waals surface area (Å²) in [5.41, 5.74) is -0.340. The number of piperidine rings is 1. The van der Waals surface area contributed by atoms with Crippen molar-refractivity contribution < 1.29 is 31.2 Å². The first-order chi connectivity index (χ1) is 17.9. The lowest BCUT2D eigenvalue weighted by atomic mass is 10.0. The lowest BCUT2D eigenvalue weighted by molar-refractivity contribution is -0.121. The van der Waals surface area contributed by atoms with Crippen molar-refractivity contribution in [2.45, 2.75) is 18.9 Å². The Kier molecular flexibility index (Phi) is 7.83. The monoisotopic (exact) mass is 566 g/mol. The molecule has 1 heterocycles. The molecule has 3 aromatic carbocycles. The highest BCUT2D eigenvalue weighted by molar-refractivity contribution is 7.92. The number of amides is 3. The Morgan fingerprint density at radius 2 is 1.68 bits per heavy atom. The molecular formula is C25H22ClF3N4O4S. The zero-order valence-electron chi connectivity index (χ0n) is 19.9. The Balaban J connectivity index is 1.55. The van der Waals surface area contributed by atoms with E-state index in [0.717, 1.165) is 29.4 Å². The van der Waals surface area contributed by atoms with Gasteiger partial charge in [0.05, 0.1) is 17.6 Å². The Labute approximate surface area is 221 Å². The van der Waals surface area contributed by atoms with Crippen molar-refractivity contribution in [1.82, 2.24) is 5.32 Å². The molecule has 0 unspecified atom stereocenters. The SMILES string of the molecule is CS(=O)(=O)Nc1ccccc1-c1cc(F)c(N2CCC[C@@H](NC(=O)Nc3ccc(Cl)cc3F)C2=O)c(F)c1. The van der Waals surface area contributed by atoms with E-state index in [2.05, 4.69) is 15.4 Å². The molecule has 0 aromatic heterocycles. The van der Waals surface area contributed by atoms with E-state index in [9.17, 15) is 22.4 Å². The molecule has 0 saturated carbocycles. The lowest BCUT2D eigenvalue weighted by Gasteiger charge is -2.33. The van der Waals surface area contributed by atoms with Crippen LogP contribution in [0.5, 0.6) is 0 Å². The molecule has 13 heteroatoms. The van der Waals surface area contributed by atoms with Gasteiger partial charge in [0, 0.05) is 17.1 Å². The van der Waals surface area contributed by atoms with Gasteiger partial charge in [-0.3, -0.25) is 9.52 Å². The van der Waals surface area contributed by atoms with Crippen LogP contribution in [0.4, 0.5) is 35.0 Å². The molecule has 0 aliphatic carbocycles. The maximum atomic E-state index is 15.3. The number of sulfonamides is 1. The molecule has 0 radical (unpaired) electrons. The number of rotatable bonds is 6. The molecule has 200 valence electrons. The van der Waals surface area contributed by atoms with Crippen LogP contribution in [-0.2, 0) is 14.8 Å². The number of hydrogen-bond donors (Lipinski definition) is 3. The summed E-state index contributed by atoms with van der Waals surface area (Å²) in [5.74, 6) is -3.61. The number of carbonyl (C=O) groups is 2. The van der Waals surface area contributed by atoms with Crippen molar-refractivity contribution in [3.63, 3.8) is 0 Å². The Morgan fingerprint density at radius 1 is 1.00 bits per heavy atom. The zero-order chi connectivity index (χ0) is 27.6. The van der Waals surface area contributed by atoms with Crippen LogP contribution in [0.3, 0.4) is 0 Å². The van der Waals surface area contributed by atoms with Crippen molar-refractivity contribution >= 4 is 50.6 Å². The van der Waals surface area contributed by atoms with E-state index in [4.69, 9.17) is 11.6 Å². The number of halogens is 4. The second-order valence-corrected chi connectivity index (χ2v) is 10.8. The molecule has 8 nitrogen and oxygen atoms in total. The number of benzene rings is 3. The van der Waals surface area contributed by atoms with Gasteiger partial charge < -0.3 is 15.5 Å². The maximum Gasteiger partial charge on any atom is 0.319 e. The lowest BCUT2D eigenvalue weighted by Crippen LogP contribution is -2.53. The normalized spacial score (nSPS) is 15.8. The molecule has 1 aliphatic heterocycles. The van der Waals surface area contributed by atoms with Crippen LogP contribution in [0.25, 0.3) is 11.1 Å². The van der Waals surface area contributed by atoms with Gasteiger partial charge in [0.2, 0.25) is 15.9 Å². The molecule has 0 spiro atoms. The van der Waals surface area contributed by atoms with Gasteiger partial charge in [-0.05, 0) is 54.8 Å². The van der Waals surface area contributed by atoms with Crippen LogP contribution < -0.4 is 20.3 Å². The summed E-state index contributed by atoms with van der Waals surface area (Å²) in [4.78, 5) is 26.4. The number of hydrogen-bond acceptors (Lipinski definition) is 4. The van der Waals surface area contributed by atoms with Gasteiger partial charge in [-0.15, -0.1) is 0 Å². The second kappa shape index (κ2) is 10.9. The van der Waals surface area contributed by atoms with Crippen LogP contribution >= 0.6 is 11.6 Å². The Bertz CT molecular complexity index is 1500. The first-order valence-corrected chi connectivity index (χ1v) is 13.6. The summed E-state index contributed by atoms with van der Waals surface area (Å²) in [7, 11) is -3.66. The van der Waals surface area contributed by atoms with E-state index < -0.39 is 51.1 Å². The van der Waals surface area contributed by atoms with Gasteiger partial charge in [0.25, 0.3) is 0 Å². The molecule has 4 rings (SSSR count). The van der Waals surface area contributed by atoms with Gasteiger partial charge in [-0.25, -0.2) is 26.4 Å². The number of nitrogens with one attached hydrogen (secondary N) is 3. The third-order valence-electron chi connectivity index (χ3n) is 5.74. The zero-order valence-corrected chi connectivity index (χ0v) is 21.5. The fraction of sp³-hybridized carbons (Fsp3) is 0.200. The van der Waals surface area contributed by atoms with E-state index in [0.29, 0.717) is 6.42 Å².